The van der Waals surface area contributed by atoms with Crippen LogP contribution in [0.4, 0.5) is 0 Å². The molecule has 0 aliphatic heterocycles. The second-order valence-corrected chi connectivity index (χ2v) is 4.92. The number of aromatic nitrogens is 6. The molecular weight excluding hydrogens is 264 g/mol. The molecule has 9 nitrogen and oxygen atoms in total. The van der Waals surface area contributed by atoms with Crippen molar-refractivity contribution in [2.75, 3.05) is 0 Å². The largest absolute Gasteiger partial charge is 0.494 e. The van der Waals surface area contributed by atoms with Crippen LogP contribution in [-0.2, 0) is 5.41 Å². The van der Waals surface area contributed by atoms with Crippen molar-refractivity contribution >= 4 is 0 Å². The molecule has 2 aromatic heterocycles. The van der Waals surface area contributed by atoms with Crippen LogP contribution in [0.3, 0.4) is 0 Å². The Balaban J connectivity index is 2.51. The molecule has 0 spiro atoms. The fourth-order valence-electron chi connectivity index (χ4n) is 1.44. The van der Waals surface area contributed by atoms with Gasteiger partial charge in [-0.15, -0.1) is 20.4 Å². The summed E-state index contributed by atoms with van der Waals surface area (Å²) in [7, 11) is 0. The van der Waals surface area contributed by atoms with Crippen LogP contribution in [0.25, 0.3) is 11.4 Å². The van der Waals surface area contributed by atoms with Gasteiger partial charge in [0, 0.05) is 5.41 Å². The van der Waals surface area contributed by atoms with Crippen LogP contribution < -0.4 is 11.2 Å². The first-order valence-electron chi connectivity index (χ1n) is 5.99. The van der Waals surface area contributed by atoms with Crippen molar-refractivity contribution in [3.05, 3.63) is 26.7 Å². The molecule has 0 amide bonds. The zero-order valence-corrected chi connectivity index (χ0v) is 11.3. The predicted molar refractivity (Wildman–Crippen MR) is 69.3 cm³/mol. The topological polar surface area (TPSA) is 138 Å². The number of H-pyrrole nitrogens is 2. The summed E-state index contributed by atoms with van der Waals surface area (Å²) >= 11 is 0. The SMILES string of the molecule is CCC(C)(C)c1nnc(-c2c(O)[nH]c(=O)[nH]c2=O)nn1. The number of hydrogen-bond acceptors (Lipinski definition) is 7. The fourth-order valence-corrected chi connectivity index (χ4v) is 1.44. The maximum absolute atomic E-state index is 11.6. The minimum absolute atomic E-state index is 0.157. The Morgan fingerprint density at radius 2 is 1.70 bits per heavy atom. The molecule has 2 heterocycles. The molecule has 3 N–H and O–H groups in total. The lowest BCUT2D eigenvalue weighted by Gasteiger charge is -2.18. The number of rotatable bonds is 3. The molecule has 0 aliphatic carbocycles. The first-order valence-corrected chi connectivity index (χ1v) is 5.99. The maximum Gasteiger partial charge on any atom is 0.328 e. The number of nitrogens with one attached hydrogen (secondary N) is 2. The van der Waals surface area contributed by atoms with E-state index in [0.717, 1.165) is 6.42 Å². The van der Waals surface area contributed by atoms with Gasteiger partial charge >= 0.3 is 5.69 Å². The van der Waals surface area contributed by atoms with Crippen molar-refractivity contribution in [2.45, 2.75) is 32.6 Å². The Labute approximate surface area is 113 Å². The summed E-state index contributed by atoms with van der Waals surface area (Å²) in [6.07, 6.45) is 0.792. The van der Waals surface area contributed by atoms with E-state index >= 15 is 0 Å². The van der Waals surface area contributed by atoms with E-state index in [9.17, 15) is 14.7 Å². The summed E-state index contributed by atoms with van der Waals surface area (Å²) in [5, 5.41) is 25.0. The molecule has 0 radical (unpaired) electrons. The molecule has 0 aromatic carbocycles. The normalized spacial score (nSPS) is 11.6. The zero-order valence-electron chi connectivity index (χ0n) is 11.3. The summed E-state index contributed by atoms with van der Waals surface area (Å²) in [5.41, 5.74) is -2.19. The second-order valence-electron chi connectivity index (χ2n) is 4.92. The summed E-state index contributed by atoms with van der Waals surface area (Å²) in [6, 6.07) is 0. The van der Waals surface area contributed by atoms with Gasteiger partial charge < -0.3 is 5.11 Å². The minimum Gasteiger partial charge on any atom is -0.494 e. The molecule has 0 unspecified atom stereocenters. The van der Waals surface area contributed by atoms with Gasteiger partial charge in [0.25, 0.3) is 5.56 Å². The summed E-state index contributed by atoms with van der Waals surface area (Å²) in [4.78, 5) is 26.6. The second kappa shape index (κ2) is 4.83. The highest BCUT2D eigenvalue weighted by Crippen LogP contribution is 2.23. The van der Waals surface area contributed by atoms with Gasteiger partial charge in [0.1, 0.15) is 5.56 Å². The van der Waals surface area contributed by atoms with Gasteiger partial charge in [-0.1, -0.05) is 20.8 Å². The van der Waals surface area contributed by atoms with Crippen LogP contribution in [0.1, 0.15) is 33.0 Å². The number of aromatic amines is 2. The first kappa shape index (κ1) is 13.8. The van der Waals surface area contributed by atoms with E-state index < -0.39 is 17.1 Å². The quantitative estimate of drug-likeness (QED) is 0.700. The van der Waals surface area contributed by atoms with Crippen LogP contribution >= 0.6 is 0 Å². The molecule has 2 rings (SSSR count). The zero-order chi connectivity index (χ0) is 14.9. The third kappa shape index (κ3) is 2.42. The Hall–Kier alpha value is -2.58. The predicted octanol–water partition coefficient (Wildman–Crippen LogP) is -0.297. The smallest absolute Gasteiger partial charge is 0.328 e. The van der Waals surface area contributed by atoms with Crippen molar-refractivity contribution in [1.29, 1.82) is 0 Å². The Morgan fingerprint density at radius 3 is 2.20 bits per heavy atom. The highest BCUT2D eigenvalue weighted by atomic mass is 16.3. The van der Waals surface area contributed by atoms with Gasteiger partial charge in [0.2, 0.25) is 11.7 Å². The van der Waals surface area contributed by atoms with E-state index in [2.05, 4.69) is 20.4 Å². The van der Waals surface area contributed by atoms with Gasteiger partial charge in [-0.2, -0.15) is 0 Å². The lowest BCUT2D eigenvalue weighted by Crippen LogP contribution is -2.25. The summed E-state index contributed by atoms with van der Waals surface area (Å²) in [6.45, 7) is 5.86. The van der Waals surface area contributed by atoms with E-state index in [1.165, 1.54) is 0 Å². The molecule has 20 heavy (non-hydrogen) atoms. The van der Waals surface area contributed by atoms with Gasteiger partial charge in [0.05, 0.1) is 0 Å². The molecular formula is C11H14N6O3. The molecule has 9 heteroatoms. The standard InChI is InChI=1S/C11H14N6O3/c1-4-11(2,3)9-16-14-6(15-17-9)5-7(18)12-10(20)13-8(5)19/h4H2,1-3H3,(H3,12,13,18,19,20). The molecule has 106 valence electrons. The van der Waals surface area contributed by atoms with E-state index in [1.54, 1.807) is 0 Å². The molecule has 0 saturated carbocycles. The summed E-state index contributed by atoms with van der Waals surface area (Å²) < 4.78 is 0. The van der Waals surface area contributed by atoms with Crippen molar-refractivity contribution in [2.24, 2.45) is 0 Å². The average molecular weight is 278 g/mol. The van der Waals surface area contributed by atoms with Crippen molar-refractivity contribution in [3.63, 3.8) is 0 Å². The Bertz CT molecular complexity index is 731. The van der Waals surface area contributed by atoms with Crippen LogP contribution in [0, 0.1) is 0 Å². The van der Waals surface area contributed by atoms with E-state index in [4.69, 9.17) is 0 Å². The first-order chi connectivity index (χ1) is 9.35. The molecule has 2 aromatic rings. The van der Waals surface area contributed by atoms with Crippen molar-refractivity contribution in [1.82, 2.24) is 30.4 Å². The highest BCUT2D eigenvalue weighted by molar-refractivity contribution is 5.58. The number of nitrogens with zero attached hydrogens (tertiary/aromatic N) is 4. The number of hydrogen-bond donors (Lipinski definition) is 3. The highest BCUT2D eigenvalue weighted by Gasteiger charge is 2.24. The third-order valence-corrected chi connectivity index (χ3v) is 3.11. The molecule has 0 saturated heterocycles. The Morgan fingerprint density at radius 1 is 1.10 bits per heavy atom. The van der Waals surface area contributed by atoms with Crippen LogP contribution in [0.5, 0.6) is 5.88 Å². The van der Waals surface area contributed by atoms with Gasteiger partial charge in [0.15, 0.2) is 5.82 Å². The van der Waals surface area contributed by atoms with Gasteiger partial charge in [-0.05, 0) is 6.42 Å². The van der Waals surface area contributed by atoms with Gasteiger partial charge in [-0.25, -0.2) is 4.79 Å². The monoisotopic (exact) mass is 278 g/mol. The maximum atomic E-state index is 11.6. The van der Waals surface area contributed by atoms with Crippen LogP contribution in [0.2, 0.25) is 0 Å². The number of aromatic hydroxyl groups is 1. The van der Waals surface area contributed by atoms with E-state index in [0.29, 0.717) is 5.82 Å². The lowest BCUT2D eigenvalue weighted by molar-refractivity contribution is 0.446. The lowest BCUT2D eigenvalue weighted by atomic mass is 9.90. The fraction of sp³-hybridized carbons (Fsp3) is 0.455. The summed E-state index contributed by atoms with van der Waals surface area (Å²) in [5.74, 6) is -0.343. The van der Waals surface area contributed by atoms with Crippen molar-refractivity contribution < 1.29 is 5.11 Å². The molecule has 0 fully saturated rings. The van der Waals surface area contributed by atoms with Crippen molar-refractivity contribution in [3.8, 4) is 17.3 Å². The molecule has 0 aliphatic rings. The van der Waals surface area contributed by atoms with E-state index in [-0.39, 0.29) is 16.8 Å². The van der Waals surface area contributed by atoms with E-state index in [1.807, 2.05) is 30.7 Å². The average Bonchev–Trinajstić information content (AvgIpc) is 2.38. The van der Waals surface area contributed by atoms with Crippen LogP contribution in [0.15, 0.2) is 9.59 Å². The third-order valence-electron chi connectivity index (χ3n) is 3.11. The minimum atomic E-state index is -0.819. The molecule has 0 atom stereocenters. The van der Waals surface area contributed by atoms with Gasteiger partial charge in [-0.3, -0.25) is 14.8 Å². The van der Waals surface area contributed by atoms with Crippen LogP contribution in [-0.4, -0.2) is 35.5 Å². The Kier molecular flexibility index (Phi) is 3.35. The molecule has 0 bridgehead atoms.